The Kier molecular flexibility index (Phi) is 8.56. The summed E-state index contributed by atoms with van der Waals surface area (Å²) in [6.45, 7) is 4.40. The number of aryl methyl sites for hydroxylation is 1. The molecule has 0 saturated carbocycles. The number of carbonyl (C=O) groups is 2. The summed E-state index contributed by atoms with van der Waals surface area (Å²) in [4.78, 5) is 23.5. The van der Waals surface area contributed by atoms with E-state index in [0.717, 1.165) is 5.56 Å². The molecule has 2 atom stereocenters. The van der Waals surface area contributed by atoms with E-state index in [1.54, 1.807) is 6.92 Å². The van der Waals surface area contributed by atoms with Gasteiger partial charge in [-0.25, -0.2) is 0 Å². The Hall–Kier alpha value is -2.48. The van der Waals surface area contributed by atoms with Crippen molar-refractivity contribution in [1.29, 1.82) is 0 Å². The zero-order valence-corrected chi connectivity index (χ0v) is 17.3. The van der Waals surface area contributed by atoms with Crippen molar-refractivity contribution in [3.8, 4) is 17.2 Å². The topological polar surface area (TPSA) is 112 Å². The highest BCUT2D eigenvalue weighted by Gasteiger charge is 2.30. The average Bonchev–Trinajstić information content (AvgIpc) is 2.61. The molecule has 0 amide bonds. The van der Waals surface area contributed by atoms with Crippen LogP contribution in [0.5, 0.6) is 17.2 Å². The second-order valence-electron chi connectivity index (χ2n) is 7.12. The minimum Gasteiger partial charge on any atom is -0.493 e. The van der Waals surface area contributed by atoms with Crippen LogP contribution in [0.25, 0.3) is 0 Å². The van der Waals surface area contributed by atoms with Crippen LogP contribution in [0.4, 0.5) is 0 Å². The lowest BCUT2D eigenvalue weighted by atomic mass is 9.86. The molecule has 28 heavy (non-hydrogen) atoms. The summed E-state index contributed by atoms with van der Waals surface area (Å²) in [5, 5.41) is 19.0. The van der Waals surface area contributed by atoms with Crippen LogP contribution in [0.3, 0.4) is 0 Å². The average molecular weight is 398 g/mol. The lowest BCUT2D eigenvalue weighted by Gasteiger charge is -2.23. The highest BCUT2D eigenvalue weighted by molar-refractivity contribution is 5.79. The highest BCUT2D eigenvalue weighted by Crippen LogP contribution is 2.38. The number of carboxylic acid groups (broad SMARTS) is 1. The van der Waals surface area contributed by atoms with Gasteiger partial charge in [0.05, 0.1) is 33.7 Å². The van der Waals surface area contributed by atoms with Gasteiger partial charge in [-0.3, -0.25) is 9.59 Å². The second kappa shape index (κ2) is 10.2. The van der Waals surface area contributed by atoms with E-state index in [1.807, 2.05) is 12.1 Å². The molecule has 1 aromatic carbocycles. The summed E-state index contributed by atoms with van der Waals surface area (Å²) in [6.07, 6.45) is 0.767. The molecule has 0 heterocycles. The van der Waals surface area contributed by atoms with E-state index in [0.29, 0.717) is 30.1 Å². The standard InChI is InChI=1S/C20H30O8/c1-12(14(19(22)23)11-17(21)28-20(2,3)24)7-8-13-9-15(25-4)18(27-6)16(10-13)26-5/h9-10,12,14,24H,7-8,11H2,1-6H3,(H,22,23). The fraction of sp³-hybridized carbons (Fsp3) is 0.600. The van der Waals surface area contributed by atoms with Gasteiger partial charge in [-0.2, -0.15) is 0 Å². The lowest BCUT2D eigenvalue weighted by molar-refractivity contribution is -0.197. The molecule has 0 aliphatic carbocycles. The van der Waals surface area contributed by atoms with E-state index in [1.165, 1.54) is 35.2 Å². The SMILES string of the molecule is COc1cc(CCC(C)C(CC(=O)OC(C)(C)O)C(=O)O)cc(OC)c1OC. The summed E-state index contributed by atoms with van der Waals surface area (Å²) in [7, 11) is 4.57. The Labute approximate surface area is 165 Å². The summed E-state index contributed by atoms with van der Waals surface area (Å²) < 4.78 is 20.8. The lowest BCUT2D eigenvalue weighted by Crippen LogP contribution is -2.31. The zero-order chi connectivity index (χ0) is 21.5. The molecule has 0 radical (unpaired) electrons. The Bertz CT molecular complexity index is 652. The maximum absolute atomic E-state index is 11.9. The van der Waals surface area contributed by atoms with Crippen LogP contribution in [0.15, 0.2) is 12.1 Å². The molecule has 0 spiro atoms. The second-order valence-corrected chi connectivity index (χ2v) is 7.12. The minimum absolute atomic E-state index is 0.300. The van der Waals surface area contributed by atoms with Crippen LogP contribution in [0, 0.1) is 11.8 Å². The van der Waals surface area contributed by atoms with Crippen molar-refractivity contribution in [2.75, 3.05) is 21.3 Å². The smallest absolute Gasteiger partial charge is 0.309 e. The van der Waals surface area contributed by atoms with Crippen molar-refractivity contribution in [3.63, 3.8) is 0 Å². The third-order valence-electron chi connectivity index (χ3n) is 4.37. The molecule has 1 rings (SSSR count). The third-order valence-corrected chi connectivity index (χ3v) is 4.37. The molecule has 0 aliphatic rings. The number of aliphatic carboxylic acids is 1. The first-order chi connectivity index (χ1) is 13.0. The van der Waals surface area contributed by atoms with E-state index in [9.17, 15) is 19.8 Å². The van der Waals surface area contributed by atoms with Gasteiger partial charge in [0.25, 0.3) is 0 Å². The normalized spacial score (nSPS) is 13.4. The van der Waals surface area contributed by atoms with Crippen molar-refractivity contribution in [1.82, 2.24) is 0 Å². The van der Waals surface area contributed by atoms with Crippen LogP contribution >= 0.6 is 0 Å². The molecule has 0 aliphatic heterocycles. The minimum atomic E-state index is -1.64. The maximum atomic E-state index is 11.9. The fourth-order valence-electron chi connectivity index (χ4n) is 2.91. The van der Waals surface area contributed by atoms with Gasteiger partial charge in [-0.05, 0) is 36.5 Å². The molecule has 8 heteroatoms. The van der Waals surface area contributed by atoms with Crippen LogP contribution < -0.4 is 14.2 Å². The van der Waals surface area contributed by atoms with Crippen molar-refractivity contribution in [2.45, 2.75) is 45.8 Å². The van der Waals surface area contributed by atoms with Crippen LogP contribution in [0.1, 0.15) is 39.2 Å². The number of carboxylic acids is 1. The van der Waals surface area contributed by atoms with E-state index in [2.05, 4.69) is 0 Å². The zero-order valence-electron chi connectivity index (χ0n) is 17.3. The quantitative estimate of drug-likeness (QED) is 0.432. The summed E-state index contributed by atoms with van der Waals surface area (Å²) in [5.41, 5.74) is 0.893. The number of methoxy groups -OCH3 is 3. The molecule has 2 N–H and O–H groups in total. The Morgan fingerprint density at radius 2 is 1.61 bits per heavy atom. The van der Waals surface area contributed by atoms with Crippen molar-refractivity contribution >= 4 is 11.9 Å². The number of carbonyl (C=O) groups excluding carboxylic acids is 1. The van der Waals surface area contributed by atoms with Gasteiger partial charge in [0.1, 0.15) is 0 Å². The van der Waals surface area contributed by atoms with Gasteiger partial charge in [-0.1, -0.05) is 6.92 Å². The molecular weight excluding hydrogens is 368 g/mol. The number of hydrogen-bond acceptors (Lipinski definition) is 7. The van der Waals surface area contributed by atoms with Crippen molar-refractivity contribution < 1.29 is 38.7 Å². The van der Waals surface area contributed by atoms with Gasteiger partial charge in [0, 0.05) is 13.8 Å². The first kappa shape index (κ1) is 23.6. The van der Waals surface area contributed by atoms with Gasteiger partial charge in [-0.15, -0.1) is 0 Å². The van der Waals surface area contributed by atoms with E-state index in [-0.39, 0.29) is 12.3 Å². The third kappa shape index (κ3) is 6.92. The molecule has 0 fully saturated rings. The molecule has 8 nitrogen and oxygen atoms in total. The number of benzene rings is 1. The number of aliphatic hydroxyl groups is 1. The Balaban J connectivity index is 2.86. The number of rotatable bonds is 11. The monoisotopic (exact) mass is 398 g/mol. The fourth-order valence-corrected chi connectivity index (χ4v) is 2.91. The van der Waals surface area contributed by atoms with Crippen LogP contribution in [-0.2, 0) is 20.7 Å². The van der Waals surface area contributed by atoms with Crippen molar-refractivity contribution in [2.24, 2.45) is 11.8 Å². The molecule has 0 bridgehead atoms. The number of ether oxygens (including phenoxy) is 4. The van der Waals surface area contributed by atoms with Gasteiger partial charge in [0.2, 0.25) is 11.5 Å². The Morgan fingerprint density at radius 3 is 2.00 bits per heavy atom. The predicted octanol–water partition coefficient (Wildman–Crippen LogP) is 2.64. The molecular formula is C20H30O8. The molecule has 0 aromatic heterocycles. The summed E-state index contributed by atoms with van der Waals surface area (Å²) in [6, 6.07) is 3.62. The van der Waals surface area contributed by atoms with Gasteiger partial charge < -0.3 is 29.2 Å². The Morgan fingerprint density at radius 1 is 1.07 bits per heavy atom. The van der Waals surface area contributed by atoms with Crippen molar-refractivity contribution in [3.05, 3.63) is 17.7 Å². The highest BCUT2D eigenvalue weighted by atomic mass is 16.7. The van der Waals surface area contributed by atoms with Crippen LogP contribution in [-0.4, -0.2) is 49.3 Å². The van der Waals surface area contributed by atoms with Crippen LogP contribution in [0.2, 0.25) is 0 Å². The maximum Gasteiger partial charge on any atom is 0.309 e. The molecule has 1 aromatic rings. The molecule has 0 saturated heterocycles. The van der Waals surface area contributed by atoms with E-state index >= 15 is 0 Å². The van der Waals surface area contributed by atoms with E-state index < -0.39 is 23.6 Å². The largest absolute Gasteiger partial charge is 0.493 e. The summed E-state index contributed by atoms with van der Waals surface area (Å²) >= 11 is 0. The first-order valence-electron chi connectivity index (χ1n) is 8.98. The van der Waals surface area contributed by atoms with E-state index in [4.69, 9.17) is 18.9 Å². The molecule has 158 valence electrons. The number of esters is 1. The molecule has 2 unspecified atom stereocenters. The predicted molar refractivity (Wildman–Crippen MR) is 102 cm³/mol. The van der Waals surface area contributed by atoms with Gasteiger partial charge in [0.15, 0.2) is 11.5 Å². The van der Waals surface area contributed by atoms with Gasteiger partial charge >= 0.3 is 11.9 Å². The first-order valence-corrected chi connectivity index (χ1v) is 8.98. The summed E-state index contributed by atoms with van der Waals surface area (Å²) in [5.74, 6) is -3.16. The number of hydrogen-bond donors (Lipinski definition) is 2.